The Balaban J connectivity index is 1.58. The first-order chi connectivity index (χ1) is 16.4. The molecule has 2 aromatic rings. The summed E-state index contributed by atoms with van der Waals surface area (Å²) in [6.45, 7) is 5.89. The molecule has 0 aliphatic heterocycles. The van der Waals surface area contributed by atoms with E-state index in [1.807, 2.05) is 20.8 Å². The van der Waals surface area contributed by atoms with Gasteiger partial charge in [0.15, 0.2) is 0 Å². The molecule has 2 aliphatic carbocycles. The number of nitrogens with zero attached hydrogens (tertiary/aromatic N) is 3. The Labute approximate surface area is 200 Å². The molecular weight excluding hydrogens is 456 g/mol. The van der Waals surface area contributed by atoms with E-state index < -0.39 is 32.1 Å². The number of non-ortho nitro benzene ring substituents is 1. The molecule has 0 spiro atoms. The van der Waals surface area contributed by atoms with Crippen molar-refractivity contribution < 1.29 is 24.3 Å². The highest BCUT2D eigenvalue weighted by atomic mass is 16.7. The van der Waals surface area contributed by atoms with Crippen LogP contribution in [0.5, 0.6) is 0 Å². The second-order valence-electron chi connectivity index (χ2n) is 9.67. The van der Waals surface area contributed by atoms with Crippen LogP contribution in [0.15, 0.2) is 53.7 Å². The van der Waals surface area contributed by atoms with Crippen molar-refractivity contribution in [3.05, 3.63) is 74.3 Å². The van der Waals surface area contributed by atoms with Crippen LogP contribution in [-0.4, -0.2) is 27.4 Å². The first-order valence-corrected chi connectivity index (χ1v) is 11.0. The highest BCUT2D eigenvalue weighted by Gasteiger charge is 2.71. The first-order valence-electron chi connectivity index (χ1n) is 11.0. The summed E-state index contributed by atoms with van der Waals surface area (Å²) in [5, 5.41) is 29.1. The van der Waals surface area contributed by atoms with Crippen molar-refractivity contribution >= 4 is 34.7 Å². The number of hydrogen-bond acceptors (Lipinski definition) is 8. The fourth-order valence-corrected chi connectivity index (χ4v) is 5.37. The van der Waals surface area contributed by atoms with Crippen LogP contribution in [0.25, 0.3) is 0 Å². The van der Waals surface area contributed by atoms with E-state index in [0.29, 0.717) is 18.6 Å². The van der Waals surface area contributed by atoms with Crippen LogP contribution in [0.3, 0.4) is 0 Å². The number of para-hydroxylation sites is 2. The lowest BCUT2D eigenvalue weighted by Crippen LogP contribution is -2.43. The molecule has 0 aromatic heterocycles. The number of hydrogen-bond donors (Lipinski definition) is 1. The maximum Gasteiger partial charge on any atom is 0.365 e. The SMILES string of the molecule is CC12CCC(C(=O)Nc3ccccc3[N+](=O)[O-])(C/C1=N\OC(=O)c1ccc([N+](=O)[O-])cc1)C2(C)C. The molecule has 2 aromatic carbocycles. The topological polar surface area (TPSA) is 154 Å². The van der Waals surface area contributed by atoms with Gasteiger partial charge in [0.05, 0.1) is 26.5 Å². The molecule has 2 unspecified atom stereocenters. The van der Waals surface area contributed by atoms with Gasteiger partial charge in [0, 0.05) is 30.0 Å². The van der Waals surface area contributed by atoms with E-state index in [-0.39, 0.29) is 35.0 Å². The Morgan fingerprint density at radius 1 is 0.971 bits per heavy atom. The smallest absolute Gasteiger partial charge is 0.320 e. The van der Waals surface area contributed by atoms with E-state index in [2.05, 4.69) is 10.5 Å². The number of amides is 1. The Hall–Kier alpha value is -4.15. The third-order valence-corrected chi connectivity index (χ3v) is 8.07. The Kier molecular flexibility index (Phi) is 5.66. The van der Waals surface area contributed by atoms with Gasteiger partial charge in [-0.05, 0) is 36.5 Å². The standard InChI is InChI=1S/C24H24N4O7/c1-22(2)23(3)12-13-24(22,21(30)25-17-6-4-5-7-18(17)28(33)34)14-19(23)26-35-20(29)15-8-10-16(11-9-15)27(31)32/h4-11H,12-14H2,1-3H3,(H,25,30)/b26-19+. The third-order valence-electron chi connectivity index (χ3n) is 8.07. The molecule has 1 N–H and O–H groups in total. The molecular formula is C24H24N4O7. The monoisotopic (exact) mass is 480 g/mol. The zero-order valence-electron chi connectivity index (χ0n) is 19.4. The summed E-state index contributed by atoms with van der Waals surface area (Å²) in [4.78, 5) is 52.3. The molecule has 2 bridgehead atoms. The number of carbonyl (C=O) groups excluding carboxylic acids is 2. The van der Waals surface area contributed by atoms with E-state index in [1.165, 1.54) is 42.5 Å². The van der Waals surface area contributed by atoms with E-state index in [1.54, 1.807) is 6.07 Å². The second kappa shape index (κ2) is 8.26. The lowest BCUT2D eigenvalue weighted by atomic mass is 9.64. The molecule has 11 heteroatoms. The summed E-state index contributed by atoms with van der Waals surface area (Å²) < 4.78 is 0. The van der Waals surface area contributed by atoms with Gasteiger partial charge in [-0.1, -0.05) is 38.1 Å². The number of oxime groups is 1. The van der Waals surface area contributed by atoms with E-state index >= 15 is 0 Å². The quantitative estimate of drug-likeness (QED) is 0.351. The van der Waals surface area contributed by atoms with Crippen molar-refractivity contribution in [1.82, 2.24) is 0 Å². The van der Waals surface area contributed by atoms with Gasteiger partial charge in [-0.3, -0.25) is 25.0 Å². The number of fused-ring (bicyclic) bond motifs is 2. The van der Waals surface area contributed by atoms with E-state index in [0.717, 1.165) is 0 Å². The maximum atomic E-state index is 13.6. The van der Waals surface area contributed by atoms with Gasteiger partial charge in [-0.25, -0.2) is 4.79 Å². The number of carbonyl (C=O) groups is 2. The molecule has 182 valence electrons. The average molecular weight is 480 g/mol. The summed E-state index contributed by atoms with van der Waals surface area (Å²) in [5.74, 6) is -1.11. The lowest BCUT2D eigenvalue weighted by Gasteiger charge is -2.39. The van der Waals surface area contributed by atoms with Gasteiger partial charge in [0.1, 0.15) is 5.69 Å². The Morgan fingerprint density at radius 2 is 1.63 bits per heavy atom. The number of nitro benzene ring substituents is 2. The minimum absolute atomic E-state index is 0.108. The fraction of sp³-hybridized carbons (Fsp3) is 0.375. The molecule has 11 nitrogen and oxygen atoms in total. The predicted molar refractivity (Wildman–Crippen MR) is 126 cm³/mol. The zero-order chi connectivity index (χ0) is 25.6. The number of anilines is 1. The van der Waals surface area contributed by atoms with Crippen LogP contribution >= 0.6 is 0 Å². The first kappa shape index (κ1) is 24.0. The van der Waals surface area contributed by atoms with E-state index in [9.17, 15) is 29.8 Å². The van der Waals surface area contributed by atoms with Crippen molar-refractivity contribution in [2.24, 2.45) is 21.4 Å². The number of rotatable bonds is 6. The van der Waals surface area contributed by atoms with Crippen molar-refractivity contribution in [3.8, 4) is 0 Å². The van der Waals surface area contributed by atoms with Crippen molar-refractivity contribution in [2.75, 3.05) is 5.32 Å². The summed E-state index contributed by atoms with van der Waals surface area (Å²) in [6, 6.07) is 10.9. The molecule has 4 rings (SSSR count). The lowest BCUT2D eigenvalue weighted by molar-refractivity contribution is -0.384. The highest BCUT2D eigenvalue weighted by molar-refractivity contribution is 6.07. The third kappa shape index (κ3) is 3.63. The molecule has 0 radical (unpaired) electrons. The summed E-state index contributed by atoms with van der Waals surface area (Å²) in [6.07, 6.45) is 1.41. The number of nitrogens with one attached hydrogen (secondary N) is 1. The molecule has 35 heavy (non-hydrogen) atoms. The minimum atomic E-state index is -0.899. The summed E-state index contributed by atoms with van der Waals surface area (Å²) in [5.41, 5.74) is -1.57. The van der Waals surface area contributed by atoms with Gasteiger partial charge in [0.2, 0.25) is 5.91 Å². The summed E-state index contributed by atoms with van der Waals surface area (Å²) >= 11 is 0. The van der Waals surface area contributed by atoms with Crippen molar-refractivity contribution in [2.45, 2.75) is 40.0 Å². The number of benzene rings is 2. The van der Waals surface area contributed by atoms with Crippen molar-refractivity contribution in [3.63, 3.8) is 0 Å². The average Bonchev–Trinajstić information content (AvgIpc) is 3.13. The van der Waals surface area contributed by atoms with Gasteiger partial charge >= 0.3 is 5.97 Å². The van der Waals surface area contributed by atoms with Crippen LogP contribution < -0.4 is 5.32 Å². The molecule has 0 heterocycles. The Bertz CT molecular complexity index is 1270. The van der Waals surface area contributed by atoms with Crippen LogP contribution in [0.1, 0.15) is 50.4 Å². The maximum absolute atomic E-state index is 13.6. The van der Waals surface area contributed by atoms with Gasteiger partial charge < -0.3 is 10.2 Å². The zero-order valence-corrected chi connectivity index (χ0v) is 19.4. The van der Waals surface area contributed by atoms with Crippen LogP contribution in [0.4, 0.5) is 17.1 Å². The van der Waals surface area contributed by atoms with E-state index in [4.69, 9.17) is 4.84 Å². The molecule has 2 aliphatic rings. The number of nitro groups is 2. The largest absolute Gasteiger partial charge is 0.365 e. The summed E-state index contributed by atoms with van der Waals surface area (Å²) in [7, 11) is 0. The van der Waals surface area contributed by atoms with Crippen LogP contribution in [-0.2, 0) is 9.63 Å². The van der Waals surface area contributed by atoms with Gasteiger partial charge in [-0.2, -0.15) is 0 Å². The molecule has 1 amide bonds. The molecule has 2 atom stereocenters. The fourth-order valence-electron chi connectivity index (χ4n) is 5.37. The minimum Gasteiger partial charge on any atom is -0.320 e. The second-order valence-corrected chi connectivity index (χ2v) is 9.67. The van der Waals surface area contributed by atoms with Crippen LogP contribution in [0.2, 0.25) is 0 Å². The highest BCUT2D eigenvalue weighted by Crippen LogP contribution is 2.71. The molecule has 2 fully saturated rings. The molecule has 2 saturated carbocycles. The van der Waals surface area contributed by atoms with Gasteiger partial charge in [0.25, 0.3) is 11.4 Å². The van der Waals surface area contributed by atoms with Crippen LogP contribution in [0, 0.1) is 36.5 Å². The normalized spacial score (nSPS) is 25.3. The Morgan fingerprint density at radius 3 is 2.26 bits per heavy atom. The predicted octanol–water partition coefficient (Wildman–Crippen LogP) is 4.87. The molecule has 0 saturated heterocycles. The van der Waals surface area contributed by atoms with Crippen molar-refractivity contribution in [1.29, 1.82) is 0 Å². The van der Waals surface area contributed by atoms with Gasteiger partial charge in [-0.15, -0.1) is 0 Å².